The molecule has 1 aromatic carbocycles. The normalized spacial score (nSPS) is 19.6. The molecule has 1 amide bonds. The zero-order valence-electron chi connectivity index (χ0n) is 13.1. The summed E-state index contributed by atoms with van der Waals surface area (Å²) < 4.78 is 1.94. The van der Waals surface area contributed by atoms with Gasteiger partial charge in [-0.1, -0.05) is 30.3 Å². The van der Waals surface area contributed by atoms with Crippen molar-refractivity contribution >= 4 is 5.91 Å². The summed E-state index contributed by atoms with van der Waals surface area (Å²) in [5.74, 6) is 0.184. The van der Waals surface area contributed by atoms with Crippen molar-refractivity contribution in [3.05, 3.63) is 53.9 Å². The third-order valence-corrected chi connectivity index (χ3v) is 4.22. The zero-order chi connectivity index (χ0) is 15.5. The highest BCUT2D eigenvalue weighted by Crippen LogP contribution is 2.17. The molecule has 0 radical (unpaired) electrons. The molecule has 0 aliphatic carbocycles. The first-order valence-electron chi connectivity index (χ1n) is 7.71. The second-order valence-corrected chi connectivity index (χ2v) is 5.95. The first kappa shape index (κ1) is 14.8. The number of nitrogens with one attached hydrogen (secondary N) is 1. The molecule has 2 atom stereocenters. The maximum atomic E-state index is 12.0. The van der Waals surface area contributed by atoms with E-state index >= 15 is 0 Å². The molecule has 1 aliphatic rings. The van der Waals surface area contributed by atoms with Crippen molar-refractivity contribution in [2.24, 2.45) is 0 Å². The van der Waals surface area contributed by atoms with Crippen molar-refractivity contribution in [3.8, 4) is 0 Å². The number of likely N-dealkylation sites (N-methyl/N-ethyl adjacent to an activating group) is 1. The summed E-state index contributed by atoms with van der Waals surface area (Å²) in [6.07, 6.45) is 4.80. The fourth-order valence-corrected chi connectivity index (χ4v) is 2.84. The highest BCUT2D eigenvalue weighted by atomic mass is 16.2. The Bertz CT molecular complexity index is 637. The highest BCUT2D eigenvalue weighted by Gasteiger charge is 2.30. The molecule has 22 heavy (non-hydrogen) atoms. The molecule has 1 fully saturated rings. The first-order chi connectivity index (χ1) is 10.6. The third kappa shape index (κ3) is 3.20. The number of carbonyl (C=O) groups is 1. The average Bonchev–Trinajstić information content (AvgIpc) is 3.10. The minimum atomic E-state index is -0.0718. The Labute approximate surface area is 130 Å². The van der Waals surface area contributed by atoms with Crippen molar-refractivity contribution in [2.45, 2.75) is 32.0 Å². The Morgan fingerprint density at radius 1 is 1.36 bits per heavy atom. The lowest BCUT2D eigenvalue weighted by molar-refractivity contribution is -0.128. The molecule has 1 aromatic heterocycles. The predicted molar refractivity (Wildman–Crippen MR) is 85.4 cm³/mol. The number of nitrogens with zero attached hydrogens (tertiary/aromatic N) is 3. The molecule has 2 heterocycles. The van der Waals surface area contributed by atoms with Crippen molar-refractivity contribution in [2.75, 3.05) is 13.6 Å². The topological polar surface area (TPSA) is 50.2 Å². The van der Waals surface area contributed by atoms with Crippen LogP contribution < -0.4 is 5.32 Å². The number of benzene rings is 1. The maximum absolute atomic E-state index is 12.0. The zero-order valence-corrected chi connectivity index (χ0v) is 13.1. The molecule has 0 bridgehead atoms. The van der Waals surface area contributed by atoms with Crippen LogP contribution in [0.3, 0.4) is 0 Å². The predicted octanol–water partition coefficient (Wildman–Crippen LogP) is 1.81. The average molecular weight is 298 g/mol. The van der Waals surface area contributed by atoms with E-state index in [9.17, 15) is 4.79 Å². The van der Waals surface area contributed by atoms with E-state index in [1.165, 1.54) is 5.56 Å². The summed E-state index contributed by atoms with van der Waals surface area (Å²) in [7, 11) is 1.85. The number of carbonyl (C=O) groups excluding carboxylic acids is 1. The van der Waals surface area contributed by atoms with Gasteiger partial charge in [0.2, 0.25) is 5.91 Å². The van der Waals surface area contributed by atoms with Crippen LogP contribution in [0, 0.1) is 0 Å². The van der Waals surface area contributed by atoms with Crippen molar-refractivity contribution < 1.29 is 4.79 Å². The minimum Gasteiger partial charge on any atom is -0.344 e. The molecule has 3 rings (SSSR count). The van der Waals surface area contributed by atoms with E-state index in [2.05, 4.69) is 29.5 Å². The molecule has 0 spiro atoms. The van der Waals surface area contributed by atoms with E-state index in [-0.39, 0.29) is 18.0 Å². The molecule has 2 aromatic rings. The van der Waals surface area contributed by atoms with E-state index in [1.807, 2.05) is 42.3 Å². The minimum absolute atomic E-state index is 0.0718. The smallest absolute Gasteiger partial charge is 0.239 e. The molecule has 1 saturated heterocycles. The molecule has 1 aliphatic heterocycles. The Morgan fingerprint density at radius 2 is 2.14 bits per heavy atom. The van der Waals surface area contributed by atoms with E-state index in [1.54, 1.807) is 4.90 Å². The van der Waals surface area contributed by atoms with Crippen LogP contribution >= 0.6 is 0 Å². The van der Waals surface area contributed by atoms with Gasteiger partial charge in [0.15, 0.2) is 0 Å². The van der Waals surface area contributed by atoms with Gasteiger partial charge in [-0.15, -0.1) is 0 Å². The van der Waals surface area contributed by atoms with Crippen LogP contribution in [0.2, 0.25) is 0 Å². The van der Waals surface area contributed by atoms with E-state index in [0.29, 0.717) is 0 Å². The molecular formula is C17H22N4O. The van der Waals surface area contributed by atoms with Crippen LogP contribution in [0.15, 0.2) is 42.7 Å². The van der Waals surface area contributed by atoms with Gasteiger partial charge in [-0.05, 0) is 18.9 Å². The Balaban J connectivity index is 1.62. The second kappa shape index (κ2) is 6.32. The van der Waals surface area contributed by atoms with E-state index in [0.717, 1.165) is 25.1 Å². The van der Waals surface area contributed by atoms with E-state index in [4.69, 9.17) is 0 Å². The fourth-order valence-electron chi connectivity index (χ4n) is 2.84. The Kier molecular flexibility index (Phi) is 4.24. The van der Waals surface area contributed by atoms with Gasteiger partial charge in [-0.3, -0.25) is 14.8 Å². The summed E-state index contributed by atoms with van der Waals surface area (Å²) >= 11 is 0. The largest absolute Gasteiger partial charge is 0.344 e. The third-order valence-electron chi connectivity index (χ3n) is 4.22. The van der Waals surface area contributed by atoms with Gasteiger partial charge >= 0.3 is 0 Å². The summed E-state index contributed by atoms with van der Waals surface area (Å²) in [4.78, 5) is 13.7. The van der Waals surface area contributed by atoms with Gasteiger partial charge in [0, 0.05) is 31.4 Å². The number of hydrogen-bond donors (Lipinski definition) is 1. The standard InChI is InChI=1S/C17H22N4O/c1-13(19-16-8-9-20(2)17(16)22)15-10-18-21(12-15)11-14-6-4-3-5-7-14/h3-7,10,12-13,16,19H,8-9,11H2,1-2H3. The molecule has 116 valence electrons. The molecule has 1 N–H and O–H groups in total. The van der Waals surface area contributed by atoms with Crippen molar-refractivity contribution in [1.82, 2.24) is 20.0 Å². The molecule has 5 heteroatoms. The maximum Gasteiger partial charge on any atom is 0.239 e. The van der Waals surface area contributed by atoms with Crippen molar-refractivity contribution in [1.29, 1.82) is 0 Å². The Morgan fingerprint density at radius 3 is 2.82 bits per heavy atom. The number of rotatable bonds is 5. The highest BCUT2D eigenvalue weighted by molar-refractivity contribution is 5.83. The van der Waals surface area contributed by atoms with Crippen LogP contribution in [0.5, 0.6) is 0 Å². The molecular weight excluding hydrogens is 276 g/mol. The molecule has 5 nitrogen and oxygen atoms in total. The SMILES string of the molecule is CC(NC1CCN(C)C1=O)c1cnn(Cc2ccccc2)c1. The van der Waals surface area contributed by atoms with Crippen molar-refractivity contribution in [3.63, 3.8) is 0 Å². The number of amides is 1. The number of hydrogen-bond acceptors (Lipinski definition) is 3. The van der Waals surface area contributed by atoms with Crippen LogP contribution in [0.25, 0.3) is 0 Å². The van der Waals surface area contributed by atoms with Gasteiger partial charge in [0.1, 0.15) is 0 Å². The van der Waals surface area contributed by atoms with Crippen LogP contribution in [0.1, 0.15) is 30.5 Å². The number of aromatic nitrogens is 2. The molecule has 2 unspecified atom stereocenters. The number of likely N-dealkylation sites (tertiary alicyclic amines) is 1. The van der Waals surface area contributed by atoms with Gasteiger partial charge < -0.3 is 4.90 Å². The van der Waals surface area contributed by atoms with Gasteiger partial charge in [-0.2, -0.15) is 5.10 Å². The summed E-state index contributed by atoms with van der Waals surface area (Å²) in [6, 6.07) is 10.3. The van der Waals surface area contributed by atoms with Crippen LogP contribution in [0.4, 0.5) is 0 Å². The lowest BCUT2D eigenvalue weighted by Gasteiger charge is -2.17. The Hall–Kier alpha value is -2.14. The van der Waals surface area contributed by atoms with Crippen LogP contribution in [-0.4, -0.2) is 40.2 Å². The first-order valence-corrected chi connectivity index (χ1v) is 7.71. The van der Waals surface area contributed by atoms with E-state index < -0.39 is 0 Å². The van der Waals surface area contributed by atoms with Gasteiger partial charge in [-0.25, -0.2) is 0 Å². The second-order valence-electron chi connectivity index (χ2n) is 5.95. The van der Waals surface area contributed by atoms with Gasteiger partial charge in [0.05, 0.1) is 18.8 Å². The van der Waals surface area contributed by atoms with Gasteiger partial charge in [0.25, 0.3) is 0 Å². The quantitative estimate of drug-likeness (QED) is 0.916. The summed E-state index contributed by atoms with van der Waals surface area (Å²) in [6.45, 7) is 3.67. The fraction of sp³-hybridized carbons (Fsp3) is 0.412. The summed E-state index contributed by atoms with van der Waals surface area (Å²) in [5, 5.41) is 7.83. The summed E-state index contributed by atoms with van der Waals surface area (Å²) in [5.41, 5.74) is 2.34. The van der Waals surface area contributed by atoms with Crippen LogP contribution in [-0.2, 0) is 11.3 Å². The lowest BCUT2D eigenvalue weighted by atomic mass is 10.1. The monoisotopic (exact) mass is 298 g/mol. The molecule has 0 saturated carbocycles. The lowest BCUT2D eigenvalue weighted by Crippen LogP contribution is -2.38.